The molecule has 1 saturated heterocycles. The summed E-state index contributed by atoms with van der Waals surface area (Å²) >= 11 is 0. The number of carbonyl (C=O) groups excluding carboxylic acids is 1. The molecule has 6 nitrogen and oxygen atoms in total. The Hall–Kier alpha value is -2.76. The first kappa shape index (κ1) is 18.6. The molecule has 1 aromatic carbocycles. The van der Waals surface area contributed by atoms with E-state index in [0.29, 0.717) is 26.2 Å². The van der Waals surface area contributed by atoms with Gasteiger partial charge in [-0.25, -0.2) is 9.78 Å². The van der Waals surface area contributed by atoms with E-state index in [1.807, 2.05) is 29.2 Å². The highest BCUT2D eigenvalue weighted by Crippen LogP contribution is 2.25. The van der Waals surface area contributed by atoms with Crippen LogP contribution in [0.5, 0.6) is 5.75 Å². The number of carbonyl (C=O) groups is 1. The predicted octanol–water partition coefficient (Wildman–Crippen LogP) is 2.87. The van der Waals surface area contributed by atoms with Crippen molar-refractivity contribution < 1.29 is 9.53 Å². The van der Waals surface area contributed by atoms with Crippen molar-refractivity contribution in [2.45, 2.75) is 25.7 Å². The summed E-state index contributed by atoms with van der Waals surface area (Å²) in [5, 5.41) is 2.97. The fourth-order valence-electron chi connectivity index (χ4n) is 3.92. The number of aryl methyl sites for hydroxylation is 2. The van der Waals surface area contributed by atoms with Gasteiger partial charge in [-0.3, -0.25) is 0 Å². The Morgan fingerprint density at radius 1 is 1.04 bits per heavy atom. The first-order valence-electron chi connectivity index (χ1n) is 10.2. The van der Waals surface area contributed by atoms with Crippen molar-refractivity contribution in [3.63, 3.8) is 0 Å². The SMILES string of the molecule is O=C(NCCOc1ccc2c(c1)CCCC2)N1CCN(c2ccccn2)CC1. The van der Waals surface area contributed by atoms with E-state index in [1.165, 1.54) is 30.4 Å². The van der Waals surface area contributed by atoms with E-state index >= 15 is 0 Å². The molecular formula is C22H28N4O2. The zero-order valence-corrected chi connectivity index (χ0v) is 16.3. The Kier molecular flexibility index (Phi) is 5.95. The molecule has 0 bridgehead atoms. The molecule has 0 atom stereocenters. The molecular weight excluding hydrogens is 352 g/mol. The standard InChI is InChI=1S/C22H28N4O2/c27-22(26-14-12-25(13-15-26)21-7-3-4-10-23-21)24-11-16-28-20-9-8-18-5-1-2-6-19(18)17-20/h3-4,7-10,17H,1-2,5-6,11-16H2,(H,24,27). The number of pyridine rings is 1. The van der Waals surface area contributed by atoms with E-state index in [4.69, 9.17) is 4.74 Å². The molecule has 0 saturated carbocycles. The van der Waals surface area contributed by atoms with Gasteiger partial charge < -0.3 is 19.9 Å². The second-order valence-electron chi connectivity index (χ2n) is 7.38. The molecule has 1 aliphatic carbocycles. The van der Waals surface area contributed by atoms with E-state index in [2.05, 4.69) is 27.3 Å². The van der Waals surface area contributed by atoms with Crippen LogP contribution in [0.15, 0.2) is 42.6 Å². The normalized spacial score (nSPS) is 16.4. The third-order valence-electron chi connectivity index (χ3n) is 5.51. The summed E-state index contributed by atoms with van der Waals surface area (Å²) < 4.78 is 5.83. The maximum atomic E-state index is 12.4. The number of benzene rings is 1. The van der Waals surface area contributed by atoms with Crippen molar-refractivity contribution in [2.75, 3.05) is 44.2 Å². The van der Waals surface area contributed by atoms with Crippen LogP contribution in [0.25, 0.3) is 0 Å². The highest BCUT2D eigenvalue weighted by Gasteiger charge is 2.21. The van der Waals surface area contributed by atoms with Crippen molar-refractivity contribution in [2.24, 2.45) is 0 Å². The lowest BCUT2D eigenvalue weighted by atomic mass is 9.92. The minimum Gasteiger partial charge on any atom is -0.492 e. The van der Waals surface area contributed by atoms with E-state index < -0.39 is 0 Å². The highest BCUT2D eigenvalue weighted by atomic mass is 16.5. The Labute approximate surface area is 166 Å². The summed E-state index contributed by atoms with van der Waals surface area (Å²) in [7, 11) is 0. The predicted molar refractivity (Wildman–Crippen MR) is 110 cm³/mol. The number of aromatic nitrogens is 1. The molecule has 0 radical (unpaired) electrons. The van der Waals surface area contributed by atoms with Crippen LogP contribution in [0.4, 0.5) is 10.6 Å². The van der Waals surface area contributed by atoms with Gasteiger partial charge in [-0.15, -0.1) is 0 Å². The van der Waals surface area contributed by atoms with Crippen molar-refractivity contribution in [1.29, 1.82) is 0 Å². The number of ether oxygens (including phenoxy) is 1. The molecule has 1 N–H and O–H groups in total. The third-order valence-corrected chi connectivity index (χ3v) is 5.51. The van der Waals surface area contributed by atoms with E-state index in [-0.39, 0.29) is 6.03 Å². The number of fused-ring (bicyclic) bond motifs is 1. The quantitative estimate of drug-likeness (QED) is 0.811. The van der Waals surface area contributed by atoms with Crippen LogP contribution in [0.3, 0.4) is 0 Å². The molecule has 1 aliphatic heterocycles. The highest BCUT2D eigenvalue weighted by molar-refractivity contribution is 5.74. The molecule has 2 amide bonds. The Balaban J connectivity index is 1.17. The van der Waals surface area contributed by atoms with Crippen LogP contribution in [-0.4, -0.2) is 55.2 Å². The molecule has 2 aromatic rings. The molecule has 28 heavy (non-hydrogen) atoms. The molecule has 4 rings (SSSR count). The molecule has 148 valence electrons. The summed E-state index contributed by atoms with van der Waals surface area (Å²) in [4.78, 5) is 20.8. The fraction of sp³-hybridized carbons (Fsp3) is 0.455. The number of amides is 2. The Morgan fingerprint density at radius 2 is 1.86 bits per heavy atom. The van der Waals surface area contributed by atoms with Crippen LogP contribution < -0.4 is 15.0 Å². The number of piperazine rings is 1. The van der Waals surface area contributed by atoms with Gasteiger partial charge in [0.2, 0.25) is 0 Å². The van der Waals surface area contributed by atoms with Gasteiger partial charge in [0, 0.05) is 32.4 Å². The van der Waals surface area contributed by atoms with Gasteiger partial charge >= 0.3 is 6.03 Å². The number of rotatable bonds is 5. The maximum Gasteiger partial charge on any atom is 0.317 e. The molecule has 2 aliphatic rings. The lowest BCUT2D eigenvalue weighted by Crippen LogP contribution is -2.52. The van der Waals surface area contributed by atoms with Crippen LogP contribution in [0, 0.1) is 0 Å². The Morgan fingerprint density at radius 3 is 2.64 bits per heavy atom. The number of nitrogens with one attached hydrogen (secondary N) is 1. The second-order valence-corrected chi connectivity index (χ2v) is 7.38. The molecule has 2 heterocycles. The third kappa shape index (κ3) is 4.55. The van der Waals surface area contributed by atoms with E-state index in [0.717, 1.165) is 31.1 Å². The Bertz CT molecular complexity index is 788. The van der Waals surface area contributed by atoms with Crippen molar-refractivity contribution >= 4 is 11.8 Å². The molecule has 0 spiro atoms. The minimum atomic E-state index is -0.0188. The average molecular weight is 380 g/mol. The lowest BCUT2D eigenvalue weighted by Gasteiger charge is -2.35. The topological polar surface area (TPSA) is 57.7 Å². The summed E-state index contributed by atoms with van der Waals surface area (Å²) in [6.45, 7) is 4.00. The van der Waals surface area contributed by atoms with Gasteiger partial charge in [-0.05, 0) is 61.1 Å². The van der Waals surface area contributed by atoms with Gasteiger partial charge in [0.25, 0.3) is 0 Å². The summed E-state index contributed by atoms with van der Waals surface area (Å²) in [6, 6.07) is 12.3. The average Bonchev–Trinajstić information content (AvgIpc) is 2.77. The first-order valence-corrected chi connectivity index (χ1v) is 10.2. The minimum absolute atomic E-state index is 0.0188. The van der Waals surface area contributed by atoms with Gasteiger partial charge in [0.15, 0.2) is 0 Å². The fourth-order valence-corrected chi connectivity index (χ4v) is 3.92. The van der Waals surface area contributed by atoms with Gasteiger partial charge in [0.05, 0.1) is 6.54 Å². The maximum absolute atomic E-state index is 12.4. The van der Waals surface area contributed by atoms with Crippen LogP contribution in [-0.2, 0) is 12.8 Å². The molecule has 0 unspecified atom stereocenters. The van der Waals surface area contributed by atoms with Crippen molar-refractivity contribution in [3.05, 3.63) is 53.7 Å². The van der Waals surface area contributed by atoms with Gasteiger partial charge in [-0.2, -0.15) is 0 Å². The van der Waals surface area contributed by atoms with E-state index in [9.17, 15) is 4.79 Å². The first-order chi connectivity index (χ1) is 13.8. The number of anilines is 1. The van der Waals surface area contributed by atoms with Crippen LogP contribution in [0.1, 0.15) is 24.0 Å². The smallest absolute Gasteiger partial charge is 0.317 e. The van der Waals surface area contributed by atoms with Crippen LogP contribution >= 0.6 is 0 Å². The zero-order chi connectivity index (χ0) is 19.2. The van der Waals surface area contributed by atoms with Gasteiger partial charge in [-0.1, -0.05) is 12.1 Å². The number of hydrogen-bond acceptors (Lipinski definition) is 4. The largest absolute Gasteiger partial charge is 0.492 e. The number of hydrogen-bond donors (Lipinski definition) is 1. The number of urea groups is 1. The monoisotopic (exact) mass is 380 g/mol. The lowest BCUT2D eigenvalue weighted by molar-refractivity contribution is 0.191. The summed E-state index contributed by atoms with van der Waals surface area (Å²) in [5.74, 6) is 1.87. The molecule has 6 heteroatoms. The molecule has 1 aromatic heterocycles. The zero-order valence-electron chi connectivity index (χ0n) is 16.3. The van der Waals surface area contributed by atoms with E-state index in [1.54, 1.807) is 6.20 Å². The molecule has 1 fully saturated rings. The van der Waals surface area contributed by atoms with Crippen molar-refractivity contribution in [1.82, 2.24) is 15.2 Å². The summed E-state index contributed by atoms with van der Waals surface area (Å²) in [6.07, 6.45) is 6.68. The van der Waals surface area contributed by atoms with Crippen LogP contribution in [0.2, 0.25) is 0 Å². The summed E-state index contributed by atoms with van der Waals surface area (Å²) in [5.41, 5.74) is 2.87. The van der Waals surface area contributed by atoms with Gasteiger partial charge in [0.1, 0.15) is 18.2 Å². The second kappa shape index (κ2) is 8.95. The number of nitrogens with zero attached hydrogens (tertiary/aromatic N) is 3. The van der Waals surface area contributed by atoms with Crippen molar-refractivity contribution in [3.8, 4) is 5.75 Å².